The van der Waals surface area contributed by atoms with E-state index in [9.17, 15) is 0 Å². The van der Waals surface area contributed by atoms with E-state index in [0.717, 1.165) is 24.4 Å². The third-order valence-corrected chi connectivity index (χ3v) is 3.65. The normalized spacial score (nSPS) is 12.6. The lowest BCUT2D eigenvalue weighted by atomic mass is 10.1. The van der Waals surface area contributed by atoms with Crippen LogP contribution in [0.4, 0.5) is 0 Å². The van der Waals surface area contributed by atoms with Gasteiger partial charge in [-0.15, -0.1) is 0 Å². The highest BCUT2D eigenvalue weighted by atomic mass is 79.9. The fourth-order valence-electron chi connectivity index (χ4n) is 1.78. The second kappa shape index (κ2) is 5.54. The molecule has 17 heavy (non-hydrogen) atoms. The first-order valence-electron chi connectivity index (χ1n) is 5.97. The number of hydrogen-bond acceptors (Lipinski definition) is 1. The van der Waals surface area contributed by atoms with Crippen molar-refractivity contribution in [2.75, 3.05) is 0 Å². The Morgan fingerprint density at radius 3 is 2.41 bits per heavy atom. The van der Waals surface area contributed by atoms with Crippen LogP contribution < -0.4 is 0 Å². The molecule has 90 valence electrons. The van der Waals surface area contributed by atoms with Crippen molar-refractivity contribution >= 4 is 15.9 Å². The van der Waals surface area contributed by atoms with E-state index in [2.05, 4.69) is 66.2 Å². The highest BCUT2D eigenvalue weighted by Crippen LogP contribution is 2.28. The first-order valence-corrected chi connectivity index (χ1v) is 6.89. The Labute approximate surface area is 111 Å². The smallest absolute Gasteiger partial charge is 0.118 e. The Morgan fingerprint density at radius 2 is 1.82 bits per heavy atom. The number of halogens is 1. The van der Waals surface area contributed by atoms with E-state index in [1.165, 1.54) is 11.1 Å². The van der Waals surface area contributed by atoms with E-state index < -0.39 is 0 Å². The lowest BCUT2D eigenvalue weighted by Gasteiger charge is -2.07. The number of aryl methyl sites for hydroxylation is 2. The fraction of sp³-hybridized carbons (Fsp3) is 0.333. The average Bonchev–Trinajstić information content (AvgIpc) is 2.81. The van der Waals surface area contributed by atoms with Crippen LogP contribution in [0.2, 0.25) is 0 Å². The molecule has 0 spiro atoms. The SMILES string of the molecule is CCc1ccc(C(Br)Cc2ccc(C)cc2)o1. The Hall–Kier alpha value is -1.02. The molecule has 0 bridgehead atoms. The molecule has 0 amide bonds. The van der Waals surface area contributed by atoms with Crippen molar-refractivity contribution in [3.63, 3.8) is 0 Å². The maximum atomic E-state index is 5.74. The van der Waals surface area contributed by atoms with Crippen molar-refractivity contribution < 1.29 is 4.42 Å². The van der Waals surface area contributed by atoms with Gasteiger partial charge >= 0.3 is 0 Å². The van der Waals surface area contributed by atoms with Gasteiger partial charge in [-0.3, -0.25) is 0 Å². The predicted molar refractivity (Wildman–Crippen MR) is 74.6 cm³/mol. The molecule has 2 heteroatoms. The second-order valence-electron chi connectivity index (χ2n) is 4.31. The zero-order valence-electron chi connectivity index (χ0n) is 10.2. The largest absolute Gasteiger partial charge is 0.465 e. The van der Waals surface area contributed by atoms with Gasteiger partial charge in [-0.1, -0.05) is 52.7 Å². The van der Waals surface area contributed by atoms with Crippen LogP contribution in [0.3, 0.4) is 0 Å². The lowest BCUT2D eigenvalue weighted by Crippen LogP contribution is -1.93. The molecule has 0 N–H and O–H groups in total. The summed E-state index contributed by atoms with van der Waals surface area (Å²) in [7, 11) is 0. The summed E-state index contributed by atoms with van der Waals surface area (Å²) < 4.78 is 5.74. The van der Waals surface area contributed by atoms with Crippen LogP contribution in [0.15, 0.2) is 40.8 Å². The van der Waals surface area contributed by atoms with Crippen LogP contribution in [0.25, 0.3) is 0 Å². The maximum Gasteiger partial charge on any atom is 0.118 e. The third kappa shape index (κ3) is 3.22. The Balaban J connectivity index is 2.05. The zero-order valence-corrected chi connectivity index (χ0v) is 11.8. The van der Waals surface area contributed by atoms with Gasteiger partial charge < -0.3 is 4.42 Å². The van der Waals surface area contributed by atoms with Gasteiger partial charge in [-0.25, -0.2) is 0 Å². The van der Waals surface area contributed by atoms with E-state index in [1.54, 1.807) is 0 Å². The standard InChI is InChI=1S/C15H17BrO/c1-3-13-8-9-15(17-13)14(16)10-12-6-4-11(2)5-7-12/h4-9,14H,3,10H2,1-2H3. The molecule has 2 rings (SSSR count). The van der Waals surface area contributed by atoms with Crippen LogP contribution in [-0.2, 0) is 12.8 Å². The van der Waals surface area contributed by atoms with Gasteiger partial charge in [0.05, 0.1) is 4.83 Å². The molecule has 1 unspecified atom stereocenters. The van der Waals surface area contributed by atoms with E-state index in [1.807, 2.05) is 0 Å². The van der Waals surface area contributed by atoms with Gasteiger partial charge in [0.25, 0.3) is 0 Å². The summed E-state index contributed by atoms with van der Waals surface area (Å²) in [5.41, 5.74) is 2.62. The first kappa shape index (κ1) is 12.4. The Kier molecular flexibility index (Phi) is 4.06. The van der Waals surface area contributed by atoms with Crippen molar-refractivity contribution in [3.05, 3.63) is 59.0 Å². The van der Waals surface area contributed by atoms with E-state index in [4.69, 9.17) is 4.42 Å². The molecule has 0 radical (unpaired) electrons. The van der Waals surface area contributed by atoms with Crippen molar-refractivity contribution in [3.8, 4) is 0 Å². The molecule has 2 aromatic rings. The van der Waals surface area contributed by atoms with Crippen LogP contribution in [0, 0.1) is 6.92 Å². The predicted octanol–water partition coefficient (Wildman–Crippen LogP) is 4.83. The molecule has 1 heterocycles. The summed E-state index contributed by atoms with van der Waals surface area (Å²) >= 11 is 3.69. The molecule has 0 saturated carbocycles. The second-order valence-corrected chi connectivity index (χ2v) is 5.42. The van der Waals surface area contributed by atoms with Gasteiger partial charge in [-0.05, 0) is 31.0 Å². The van der Waals surface area contributed by atoms with E-state index >= 15 is 0 Å². The molecule has 0 saturated heterocycles. The summed E-state index contributed by atoms with van der Waals surface area (Å²) in [4.78, 5) is 0.255. The molecule has 1 nitrogen and oxygen atoms in total. The molecule has 1 atom stereocenters. The summed E-state index contributed by atoms with van der Waals surface area (Å²) in [6, 6.07) is 12.8. The summed E-state index contributed by atoms with van der Waals surface area (Å²) in [5, 5.41) is 0. The monoisotopic (exact) mass is 292 g/mol. The lowest BCUT2D eigenvalue weighted by molar-refractivity contribution is 0.467. The Bertz CT molecular complexity index is 470. The number of alkyl halides is 1. The number of hydrogen-bond donors (Lipinski definition) is 0. The zero-order chi connectivity index (χ0) is 12.3. The van der Waals surface area contributed by atoms with Gasteiger partial charge in [0.1, 0.15) is 11.5 Å². The maximum absolute atomic E-state index is 5.74. The highest BCUT2D eigenvalue weighted by Gasteiger charge is 2.12. The molecule has 0 fully saturated rings. The van der Waals surface area contributed by atoms with Crippen molar-refractivity contribution in [1.82, 2.24) is 0 Å². The van der Waals surface area contributed by atoms with Crippen LogP contribution in [0.1, 0.15) is 34.4 Å². The summed E-state index contributed by atoms with van der Waals surface area (Å²) in [6.45, 7) is 4.21. The minimum Gasteiger partial charge on any atom is -0.465 e. The first-order chi connectivity index (χ1) is 8.19. The van der Waals surface area contributed by atoms with Gasteiger partial charge in [0.15, 0.2) is 0 Å². The van der Waals surface area contributed by atoms with Crippen LogP contribution >= 0.6 is 15.9 Å². The fourth-order valence-corrected chi connectivity index (χ4v) is 2.40. The number of rotatable bonds is 4. The van der Waals surface area contributed by atoms with E-state index in [0.29, 0.717) is 0 Å². The molecule has 0 aliphatic rings. The molecular formula is C15H17BrO. The van der Waals surface area contributed by atoms with Crippen molar-refractivity contribution in [1.29, 1.82) is 0 Å². The van der Waals surface area contributed by atoms with Crippen molar-refractivity contribution in [2.24, 2.45) is 0 Å². The topological polar surface area (TPSA) is 13.1 Å². The van der Waals surface area contributed by atoms with Gasteiger partial charge in [0.2, 0.25) is 0 Å². The highest BCUT2D eigenvalue weighted by molar-refractivity contribution is 9.09. The molecule has 0 aliphatic carbocycles. The van der Waals surface area contributed by atoms with Gasteiger partial charge in [0, 0.05) is 6.42 Å². The van der Waals surface area contributed by atoms with Crippen LogP contribution in [-0.4, -0.2) is 0 Å². The summed E-state index contributed by atoms with van der Waals surface area (Å²) in [6.07, 6.45) is 1.90. The minimum absolute atomic E-state index is 0.255. The molecule has 1 aromatic carbocycles. The van der Waals surface area contributed by atoms with Crippen LogP contribution in [0.5, 0.6) is 0 Å². The van der Waals surface area contributed by atoms with Gasteiger partial charge in [-0.2, -0.15) is 0 Å². The third-order valence-electron chi connectivity index (χ3n) is 2.88. The molecule has 1 aromatic heterocycles. The quantitative estimate of drug-likeness (QED) is 0.736. The van der Waals surface area contributed by atoms with Crippen molar-refractivity contribution in [2.45, 2.75) is 31.5 Å². The summed E-state index contributed by atoms with van der Waals surface area (Å²) in [5.74, 6) is 2.07. The number of furan rings is 1. The van der Waals surface area contributed by atoms with E-state index in [-0.39, 0.29) is 4.83 Å². The molecule has 0 aliphatic heterocycles. The number of benzene rings is 1. The minimum atomic E-state index is 0.255. The Morgan fingerprint density at radius 1 is 1.12 bits per heavy atom. The molecular weight excluding hydrogens is 276 g/mol. The average molecular weight is 293 g/mol.